The lowest BCUT2D eigenvalue weighted by atomic mass is 9.90. The van der Waals surface area contributed by atoms with Crippen molar-refractivity contribution in [1.82, 2.24) is 4.90 Å². The minimum atomic E-state index is -0.646. The van der Waals surface area contributed by atoms with Gasteiger partial charge >= 0.3 is 5.97 Å². The van der Waals surface area contributed by atoms with Crippen molar-refractivity contribution in [2.24, 2.45) is 5.41 Å². The molecule has 0 aromatic rings. The van der Waals surface area contributed by atoms with Crippen LogP contribution in [-0.4, -0.2) is 34.6 Å². The average Bonchev–Trinajstić information content (AvgIpc) is 2.67. The number of nitrogens with zero attached hydrogens (tertiary/aromatic N) is 1. The molecule has 104 valence electrons. The van der Waals surface area contributed by atoms with Crippen LogP contribution in [0.5, 0.6) is 0 Å². The maximum atomic E-state index is 10.8. The Balaban J connectivity index is 1.93. The molecule has 1 aliphatic carbocycles. The van der Waals surface area contributed by atoms with Crippen LogP contribution in [0.25, 0.3) is 0 Å². The maximum absolute atomic E-state index is 10.8. The van der Waals surface area contributed by atoms with Gasteiger partial charge in [0.2, 0.25) is 0 Å². The first kappa shape index (κ1) is 13.9. The zero-order valence-electron chi connectivity index (χ0n) is 11.8. The van der Waals surface area contributed by atoms with Crippen molar-refractivity contribution in [2.75, 3.05) is 6.54 Å². The van der Waals surface area contributed by atoms with E-state index < -0.39 is 5.97 Å². The van der Waals surface area contributed by atoms with Gasteiger partial charge in [-0.3, -0.25) is 9.69 Å². The molecule has 3 heteroatoms. The lowest BCUT2D eigenvalue weighted by Crippen LogP contribution is -2.45. The van der Waals surface area contributed by atoms with Crippen LogP contribution >= 0.6 is 0 Å². The SMILES string of the molecule is CC1(C)CCC(N2CCCCC2CCC(=O)O)C1. The second-order valence-corrected chi connectivity index (χ2v) is 6.88. The van der Waals surface area contributed by atoms with E-state index in [1.165, 1.54) is 45.1 Å². The Bertz CT molecular complexity index is 301. The highest BCUT2D eigenvalue weighted by Crippen LogP contribution is 2.41. The zero-order valence-corrected chi connectivity index (χ0v) is 11.8. The molecule has 1 heterocycles. The molecule has 0 spiro atoms. The summed E-state index contributed by atoms with van der Waals surface area (Å²) in [5.41, 5.74) is 0.486. The van der Waals surface area contributed by atoms with Gasteiger partial charge in [-0.05, 0) is 50.5 Å². The second kappa shape index (κ2) is 5.60. The Morgan fingerprint density at radius 3 is 2.72 bits per heavy atom. The molecule has 2 rings (SSSR count). The molecule has 0 amide bonds. The van der Waals surface area contributed by atoms with Gasteiger partial charge in [0.1, 0.15) is 0 Å². The topological polar surface area (TPSA) is 40.5 Å². The van der Waals surface area contributed by atoms with Crippen molar-refractivity contribution in [3.8, 4) is 0 Å². The first-order valence-corrected chi connectivity index (χ1v) is 7.45. The number of hydrogen-bond acceptors (Lipinski definition) is 2. The summed E-state index contributed by atoms with van der Waals surface area (Å²) >= 11 is 0. The standard InChI is InChI=1S/C15H27NO2/c1-15(2)9-8-13(11-15)16-10-4-3-5-12(16)6-7-14(17)18/h12-13H,3-11H2,1-2H3,(H,17,18). The van der Waals surface area contributed by atoms with E-state index in [9.17, 15) is 4.79 Å². The number of carbonyl (C=O) groups is 1. The largest absolute Gasteiger partial charge is 0.481 e. The summed E-state index contributed by atoms with van der Waals surface area (Å²) < 4.78 is 0. The molecular weight excluding hydrogens is 226 g/mol. The zero-order chi connectivity index (χ0) is 13.2. The minimum Gasteiger partial charge on any atom is -0.481 e. The van der Waals surface area contributed by atoms with Gasteiger partial charge in [-0.25, -0.2) is 0 Å². The summed E-state index contributed by atoms with van der Waals surface area (Å²) in [7, 11) is 0. The smallest absolute Gasteiger partial charge is 0.303 e. The fourth-order valence-corrected chi connectivity index (χ4v) is 3.79. The average molecular weight is 253 g/mol. The monoisotopic (exact) mass is 253 g/mol. The number of rotatable bonds is 4. The van der Waals surface area contributed by atoms with Crippen molar-refractivity contribution in [3.63, 3.8) is 0 Å². The minimum absolute atomic E-state index is 0.331. The van der Waals surface area contributed by atoms with Crippen LogP contribution in [0, 0.1) is 5.41 Å². The summed E-state index contributed by atoms with van der Waals surface area (Å²) in [4.78, 5) is 13.4. The lowest BCUT2D eigenvalue weighted by molar-refractivity contribution is -0.137. The van der Waals surface area contributed by atoms with Crippen LogP contribution in [0.15, 0.2) is 0 Å². The summed E-state index contributed by atoms with van der Waals surface area (Å²) in [5.74, 6) is -0.646. The summed E-state index contributed by atoms with van der Waals surface area (Å²) in [6.07, 6.45) is 8.85. The molecule has 2 atom stereocenters. The summed E-state index contributed by atoms with van der Waals surface area (Å²) in [5, 5.41) is 8.86. The Labute approximate surface area is 111 Å². The van der Waals surface area contributed by atoms with E-state index in [0.29, 0.717) is 23.9 Å². The molecule has 2 unspecified atom stereocenters. The highest BCUT2D eigenvalue weighted by atomic mass is 16.4. The predicted octanol–water partition coefficient (Wildman–Crippen LogP) is 3.28. The molecule has 0 bridgehead atoms. The Kier molecular flexibility index (Phi) is 4.31. The number of hydrogen-bond donors (Lipinski definition) is 1. The molecule has 2 aliphatic rings. The van der Waals surface area contributed by atoms with E-state index in [1.807, 2.05) is 0 Å². The normalized spacial score (nSPS) is 32.6. The van der Waals surface area contributed by atoms with E-state index >= 15 is 0 Å². The van der Waals surface area contributed by atoms with Crippen molar-refractivity contribution in [1.29, 1.82) is 0 Å². The van der Waals surface area contributed by atoms with Gasteiger partial charge in [0, 0.05) is 18.5 Å². The maximum Gasteiger partial charge on any atom is 0.303 e. The molecule has 0 radical (unpaired) electrons. The lowest BCUT2D eigenvalue weighted by Gasteiger charge is -2.40. The van der Waals surface area contributed by atoms with Crippen LogP contribution in [0.4, 0.5) is 0 Å². The quantitative estimate of drug-likeness (QED) is 0.836. The fraction of sp³-hybridized carbons (Fsp3) is 0.933. The number of likely N-dealkylation sites (tertiary alicyclic amines) is 1. The van der Waals surface area contributed by atoms with Crippen molar-refractivity contribution in [3.05, 3.63) is 0 Å². The third kappa shape index (κ3) is 3.47. The molecule has 3 nitrogen and oxygen atoms in total. The Morgan fingerprint density at radius 2 is 2.11 bits per heavy atom. The highest BCUT2D eigenvalue weighted by molar-refractivity contribution is 5.66. The van der Waals surface area contributed by atoms with Crippen LogP contribution in [0.2, 0.25) is 0 Å². The Morgan fingerprint density at radius 1 is 1.33 bits per heavy atom. The molecule has 1 aliphatic heterocycles. The second-order valence-electron chi connectivity index (χ2n) is 6.88. The molecule has 2 fully saturated rings. The van der Waals surface area contributed by atoms with Crippen molar-refractivity contribution in [2.45, 2.75) is 77.3 Å². The number of piperidine rings is 1. The molecular formula is C15H27NO2. The molecule has 1 saturated heterocycles. The molecule has 1 N–H and O–H groups in total. The van der Waals surface area contributed by atoms with E-state index in [0.717, 1.165) is 6.42 Å². The van der Waals surface area contributed by atoms with Gasteiger partial charge in [0.25, 0.3) is 0 Å². The van der Waals surface area contributed by atoms with Gasteiger partial charge < -0.3 is 5.11 Å². The van der Waals surface area contributed by atoms with Crippen LogP contribution < -0.4 is 0 Å². The third-order valence-corrected chi connectivity index (χ3v) is 4.78. The Hall–Kier alpha value is -0.570. The van der Waals surface area contributed by atoms with Gasteiger partial charge in [0.15, 0.2) is 0 Å². The van der Waals surface area contributed by atoms with Crippen LogP contribution in [0.1, 0.15) is 65.2 Å². The van der Waals surface area contributed by atoms with E-state index in [2.05, 4.69) is 18.7 Å². The molecule has 0 aromatic heterocycles. The molecule has 18 heavy (non-hydrogen) atoms. The fourth-order valence-electron chi connectivity index (χ4n) is 3.79. The van der Waals surface area contributed by atoms with Gasteiger partial charge in [-0.2, -0.15) is 0 Å². The van der Waals surface area contributed by atoms with E-state index in [4.69, 9.17) is 5.11 Å². The van der Waals surface area contributed by atoms with Gasteiger partial charge in [-0.15, -0.1) is 0 Å². The third-order valence-electron chi connectivity index (χ3n) is 4.78. The van der Waals surface area contributed by atoms with E-state index in [1.54, 1.807) is 0 Å². The van der Waals surface area contributed by atoms with Gasteiger partial charge in [-0.1, -0.05) is 20.3 Å². The highest BCUT2D eigenvalue weighted by Gasteiger charge is 2.37. The summed E-state index contributed by atoms with van der Waals surface area (Å²) in [6.45, 7) is 5.91. The van der Waals surface area contributed by atoms with Crippen LogP contribution in [-0.2, 0) is 4.79 Å². The van der Waals surface area contributed by atoms with Crippen LogP contribution in [0.3, 0.4) is 0 Å². The first-order chi connectivity index (χ1) is 8.48. The van der Waals surface area contributed by atoms with Crippen molar-refractivity contribution >= 4 is 5.97 Å². The molecule has 0 aromatic carbocycles. The predicted molar refractivity (Wildman–Crippen MR) is 72.6 cm³/mol. The number of carboxylic acid groups (broad SMARTS) is 1. The number of carboxylic acids is 1. The first-order valence-electron chi connectivity index (χ1n) is 7.45. The molecule has 1 saturated carbocycles. The van der Waals surface area contributed by atoms with Gasteiger partial charge in [0.05, 0.1) is 0 Å². The van der Waals surface area contributed by atoms with Crippen molar-refractivity contribution < 1.29 is 9.90 Å². The number of aliphatic carboxylic acids is 1. The summed E-state index contributed by atoms with van der Waals surface area (Å²) in [6, 6.07) is 1.23. The van der Waals surface area contributed by atoms with E-state index in [-0.39, 0.29) is 0 Å².